The molecule has 2 bridgehead atoms. The van der Waals surface area contributed by atoms with Crippen LogP contribution in [0.5, 0.6) is 0 Å². The fourth-order valence-corrected chi connectivity index (χ4v) is 6.73. The molecule has 3 fully saturated rings. The second-order valence-corrected chi connectivity index (χ2v) is 9.40. The molecule has 1 N–H and O–H groups in total. The van der Waals surface area contributed by atoms with E-state index in [2.05, 4.69) is 10.5 Å². The average Bonchev–Trinajstić information content (AvgIpc) is 3.33. The molecule has 160 valence electrons. The van der Waals surface area contributed by atoms with Crippen LogP contribution in [-0.2, 0) is 0 Å². The number of amides is 1. The largest absolute Gasteiger partial charge is 0.350 e. The van der Waals surface area contributed by atoms with E-state index in [1.807, 2.05) is 0 Å². The highest BCUT2D eigenvalue weighted by molar-refractivity contribution is 7.21. The van der Waals surface area contributed by atoms with Crippen molar-refractivity contribution >= 4 is 45.1 Å². The Bertz CT molecular complexity index is 1110. The Morgan fingerprint density at radius 3 is 2.47 bits per heavy atom. The van der Waals surface area contributed by atoms with E-state index >= 15 is 0 Å². The minimum absolute atomic E-state index is 0.179. The van der Waals surface area contributed by atoms with E-state index in [0.29, 0.717) is 5.39 Å². The van der Waals surface area contributed by atoms with Gasteiger partial charge in [-0.05, 0) is 18.9 Å². The first kappa shape index (κ1) is 20.1. The van der Waals surface area contributed by atoms with E-state index in [1.54, 1.807) is 24.3 Å². The van der Waals surface area contributed by atoms with Gasteiger partial charge >= 0.3 is 11.8 Å². The molecular formula is C19H13ClF6N2OS. The fraction of sp³-hybridized carbons (Fsp3) is 0.474. The van der Waals surface area contributed by atoms with Crippen molar-refractivity contribution in [3.05, 3.63) is 34.2 Å². The number of nitrogens with one attached hydrogen (secondary N) is 1. The van der Waals surface area contributed by atoms with E-state index in [1.165, 1.54) is 0 Å². The smallest absolute Gasteiger partial charge is 0.266 e. The first-order valence-electron chi connectivity index (χ1n) is 9.12. The maximum absolute atomic E-state index is 14.9. The summed E-state index contributed by atoms with van der Waals surface area (Å²) in [6.45, 7) is 0. The van der Waals surface area contributed by atoms with Crippen molar-refractivity contribution in [3.8, 4) is 0 Å². The summed E-state index contributed by atoms with van der Waals surface area (Å²) in [5.74, 6) is -15.0. The number of carbonyl (C=O) groups is 1. The number of thiophene rings is 1. The lowest BCUT2D eigenvalue weighted by Gasteiger charge is -2.61. The summed E-state index contributed by atoms with van der Waals surface area (Å²) in [7, 11) is 0. The van der Waals surface area contributed by atoms with Crippen LogP contribution in [0.1, 0.15) is 22.5 Å². The highest BCUT2D eigenvalue weighted by atomic mass is 35.5. The second kappa shape index (κ2) is 5.91. The van der Waals surface area contributed by atoms with Crippen LogP contribution < -0.4 is 5.43 Å². The summed E-state index contributed by atoms with van der Waals surface area (Å²) in [5.41, 5.74) is -5.62. The zero-order valence-electron chi connectivity index (χ0n) is 14.9. The molecule has 0 saturated heterocycles. The molecule has 0 spiro atoms. The lowest BCUT2D eigenvalue weighted by atomic mass is 9.53. The van der Waals surface area contributed by atoms with Crippen LogP contribution in [0.4, 0.5) is 26.3 Å². The van der Waals surface area contributed by atoms with Gasteiger partial charge in [-0.25, -0.2) is 14.2 Å². The molecule has 2 aromatic rings. The van der Waals surface area contributed by atoms with Gasteiger partial charge in [0.25, 0.3) is 5.91 Å². The van der Waals surface area contributed by atoms with Crippen LogP contribution in [0.25, 0.3) is 10.1 Å². The van der Waals surface area contributed by atoms with Crippen LogP contribution in [0.15, 0.2) is 29.4 Å². The predicted octanol–water partition coefficient (Wildman–Crippen LogP) is 5.63. The molecule has 3 nitrogen and oxygen atoms in total. The number of hydrogen-bond acceptors (Lipinski definition) is 3. The van der Waals surface area contributed by atoms with E-state index in [-0.39, 0.29) is 16.3 Å². The number of fused-ring (bicyclic) bond motifs is 6. The van der Waals surface area contributed by atoms with Crippen LogP contribution in [0.3, 0.4) is 0 Å². The van der Waals surface area contributed by atoms with Gasteiger partial charge in [0.2, 0.25) is 11.3 Å². The zero-order chi connectivity index (χ0) is 21.7. The van der Waals surface area contributed by atoms with Gasteiger partial charge in [0.1, 0.15) is 4.88 Å². The normalized spacial score (nSPS) is 38.0. The number of alkyl halides is 6. The van der Waals surface area contributed by atoms with Gasteiger partial charge < -0.3 is 0 Å². The van der Waals surface area contributed by atoms with Gasteiger partial charge in [0, 0.05) is 34.1 Å². The molecule has 3 aliphatic carbocycles. The summed E-state index contributed by atoms with van der Waals surface area (Å²) in [6.07, 6.45) is 0.351. The monoisotopic (exact) mass is 466 g/mol. The minimum atomic E-state index is -5.09. The Labute approximate surface area is 175 Å². The molecular weight excluding hydrogens is 454 g/mol. The van der Waals surface area contributed by atoms with E-state index in [4.69, 9.17) is 11.6 Å². The van der Waals surface area contributed by atoms with Crippen molar-refractivity contribution in [2.24, 2.45) is 22.9 Å². The van der Waals surface area contributed by atoms with E-state index in [9.17, 15) is 31.1 Å². The lowest BCUT2D eigenvalue weighted by molar-refractivity contribution is -0.449. The van der Waals surface area contributed by atoms with Gasteiger partial charge in [0.05, 0.1) is 5.02 Å². The second-order valence-electron chi connectivity index (χ2n) is 7.97. The average molecular weight is 467 g/mol. The molecule has 5 atom stereocenters. The van der Waals surface area contributed by atoms with Crippen molar-refractivity contribution in [3.63, 3.8) is 0 Å². The molecule has 0 aliphatic heterocycles. The van der Waals surface area contributed by atoms with Gasteiger partial charge in [-0.3, -0.25) is 4.79 Å². The first-order valence-corrected chi connectivity index (χ1v) is 10.3. The third-order valence-electron chi connectivity index (χ3n) is 6.70. The van der Waals surface area contributed by atoms with E-state index < -0.39 is 53.3 Å². The lowest BCUT2D eigenvalue weighted by Crippen LogP contribution is -2.88. The van der Waals surface area contributed by atoms with Crippen LogP contribution in [0.2, 0.25) is 5.02 Å². The molecule has 5 rings (SSSR count). The standard InChI is InChI=1S/C19H13ClF6N2OS/c20-13-10-3-1-2-4-12(10)30-14(13)15(29)28-27-7-8-5-9-6-11(8)17(22)16(9,21)18(23,24)19(17,25)26/h1-4,7-9,11H,5-6H2,(H,28,29)/b27-7-/t8-,9-,11-,16+,17-/m0/s1. The number of hydrazone groups is 1. The third kappa shape index (κ3) is 2.00. The molecule has 1 aromatic carbocycles. The highest BCUT2D eigenvalue weighted by Crippen LogP contribution is 2.81. The van der Waals surface area contributed by atoms with Crippen molar-refractivity contribution in [1.82, 2.24) is 5.43 Å². The molecule has 3 saturated carbocycles. The quantitative estimate of drug-likeness (QED) is 0.356. The molecule has 0 radical (unpaired) electrons. The summed E-state index contributed by atoms with van der Waals surface area (Å²) >= 11 is 7.32. The molecule has 1 aromatic heterocycles. The summed E-state index contributed by atoms with van der Waals surface area (Å²) in [5, 5.41) is 4.59. The highest BCUT2D eigenvalue weighted by Gasteiger charge is 3.03. The van der Waals surface area contributed by atoms with Crippen LogP contribution in [-0.4, -0.2) is 35.3 Å². The molecule has 11 heteroatoms. The van der Waals surface area contributed by atoms with Gasteiger partial charge in [-0.2, -0.15) is 22.7 Å². The molecule has 0 unspecified atom stereocenters. The number of rotatable bonds is 3. The fourth-order valence-electron chi connectivity index (χ4n) is 5.33. The number of benzene rings is 1. The maximum Gasteiger partial charge on any atom is 0.350 e. The number of nitrogens with zero attached hydrogens (tertiary/aromatic N) is 1. The van der Waals surface area contributed by atoms with Crippen molar-refractivity contribution in [1.29, 1.82) is 0 Å². The van der Waals surface area contributed by atoms with E-state index in [0.717, 1.165) is 22.3 Å². The predicted molar refractivity (Wildman–Crippen MR) is 100 cm³/mol. The zero-order valence-corrected chi connectivity index (χ0v) is 16.5. The molecule has 30 heavy (non-hydrogen) atoms. The van der Waals surface area contributed by atoms with Crippen molar-refractivity contribution in [2.45, 2.75) is 36.0 Å². The van der Waals surface area contributed by atoms with Crippen LogP contribution in [0, 0.1) is 17.8 Å². The first-order chi connectivity index (χ1) is 14.0. The van der Waals surface area contributed by atoms with Gasteiger partial charge in [-0.1, -0.05) is 29.8 Å². The molecule has 3 aliphatic rings. The number of halogens is 7. The van der Waals surface area contributed by atoms with Gasteiger partial charge in [0.15, 0.2) is 0 Å². The summed E-state index contributed by atoms with van der Waals surface area (Å²) in [6, 6.07) is 7.05. The summed E-state index contributed by atoms with van der Waals surface area (Å²) in [4.78, 5) is 12.5. The Morgan fingerprint density at radius 1 is 1.10 bits per heavy atom. The van der Waals surface area contributed by atoms with Crippen molar-refractivity contribution < 1.29 is 31.1 Å². The number of hydrogen-bond donors (Lipinski definition) is 1. The number of carbonyl (C=O) groups excluding carboxylic acids is 1. The van der Waals surface area contributed by atoms with Crippen LogP contribution >= 0.6 is 22.9 Å². The Balaban J connectivity index is 1.33. The minimum Gasteiger partial charge on any atom is -0.266 e. The summed E-state index contributed by atoms with van der Waals surface area (Å²) < 4.78 is 85.5. The molecule has 1 heterocycles. The maximum atomic E-state index is 14.9. The topological polar surface area (TPSA) is 41.5 Å². The van der Waals surface area contributed by atoms with Gasteiger partial charge in [-0.15, -0.1) is 11.3 Å². The Hall–Kier alpha value is -1.81. The van der Waals surface area contributed by atoms with Crippen molar-refractivity contribution in [2.75, 3.05) is 0 Å². The Morgan fingerprint density at radius 2 is 1.77 bits per heavy atom. The SMILES string of the molecule is O=C(N/N=C\[C@@H]1C[C@H]2C[C@@H]1[C@@]1(F)C(F)(F)C(F)(F)[C@@]21F)c1sc2ccccc2c1Cl. The third-order valence-corrected chi connectivity index (χ3v) is 8.37. The Kier molecular flexibility index (Phi) is 3.96. The molecule has 1 amide bonds.